The fraction of sp³-hybridized carbons (Fsp3) is 0.292. The molecule has 0 atom stereocenters. The van der Waals surface area contributed by atoms with Crippen molar-refractivity contribution in [3.63, 3.8) is 0 Å². The Balaban J connectivity index is 1.41. The second kappa shape index (κ2) is 8.43. The Kier molecular flexibility index (Phi) is 5.56. The van der Waals surface area contributed by atoms with Crippen LogP contribution in [0.15, 0.2) is 60.7 Å². The molecule has 1 N–H and O–H groups in total. The molecule has 0 saturated carbocycles. The van der Waals surface area contributed by atoms with Gasteiger partial charge in [-0.3, -0.25) is 4.79 Å². The van der Waals surface area contributed by atoms with Gasteiger partial charge in [0.15, 0.2) is 5.82 Å². The SMILES string of the molecule is Cc1ccc(C(=O)Nc2ccc(-c3ccc(N4CCC(C)CC4)nn3)cc2)cc1. The number of amides is 1. The molecule has 1 amide bonds. The van der Waals surface area contributed by atoms with Crippen molar-refractivity contribution in [1.82, 2.24) is 10.2 Å². The molecule has 1 aliphatic rings. The van der Waals surface area contributed by atoms with Gasteiger partial charge in [0.1, 0.15) is 0 Å². The van der Waals surface area contributed by atoms with E-state index >= 15 is 0 Å². The van der Waals surface area contributed by atoms with E-state index in [1.165, 1.54) is 12.8 Å². The Morgan fingerprint density at radius 2 is 1.62 bits per heavy atom. The maximum atomic E-state index is 12.4. The molecule has 3 aromatic rings. The Morgan fingerprint density at radius 1 is 0.931 bits per heavy atom. The number of anilines is 2. The number of benzene rings is 2. The van der Waals surface area contributed by atoms with Crippen molar-refractivity contribution in [2.75, 3.05) is 23.3 Å². The van der Waals surface area contributed by atoms with Gasteiger partial charge in [0, 0.05) is 29.9 Å². The molecule has 0 spiro atoms. The number of nitrogens with zero attached hydrogens (tertiary/aromatic N) is 3. The zero-order valence-electron chi connectivity index (χ0n) is 16.9. The minimum atomic E-state index is -0.113. The van der Waals surface area contributed by atoms with Crippen molar-refractivity contribution in [1.29, 1.82) is 0 Å². The van der Waals surface area contributed by atoms with Gasteiger partial charge in [0.25, 0.3) is 5.91 Å². The smallest absolute Gasteiger partial charge is 0.255 e. The van der Waals surface area contributed by atoms with E-state index in [0.29, 0.717) is 5.56 Å². The van der Waals surface area contributed by atoms with Gasteiger partial charge in [0.05, 0.1) is 5.69 Å². The van der Waals surface area contributed by atoms with Crippen LogP contribution < -0.4 is 10.2 Å². The highest BCUT2D eigenvalue weighted by Crippen LogP contribution is 2.24. The number of carbonyl (C=O) groups excluding carboxylic acids is 1. The summed E-state index contributed by atoms with van der Waals surface area (Å²) in [6.07, 6.45) is 2.42. The average molecular weight is 386 g/mol. The van der Waals surface area contributed by atoms with Crippen LogP contribution in [0, 0.1) is 12.8 Å². The molecule has 0 unspecified atom stereocenters. The van der Waals surface area contributed by atoms with E-state index < -0.39 is 0 Å². The molecule has 2 heterocycles. The Hall–Kier alpha value is -3.21. The maximum absolute atomic E-state index is 12.4. The van der Waals surface area contributed by atoms with E-state index in [4.69, 9.17) is 0 Å². The quantitative estimate of drug-likeness (QED) is 0.690. The van der Waals surface area contributed by atoms with Gasteiger partial charge >= 0.3 is 0 Å². The molecule has 0 aliphatic carbocycles. The lowest BCUT2D eigenvalue weighted by Gasteiger charge is -2.30. The highest BCUT2D eigenvalue weighted by molar-refractivity contribution is 6.04. The predicted octanol–water partition coefficient (Wildman–Crippen LogP) is 4.94. The minimum Gasteiger partial charge on any atom is -0.355 e. The van der Waals surface area contributed by atoms with Gasteiger partial charge in [0.2, 0.25) is 0 Å². The number of nitrogens with one attached hydrogen (secondary N) is 1. The lowest BCUT2D eigenvalue weighted by atomic mass is 9.99. The molecule has 1 aromatic heterocycles. The van der Waals surface area contributed by atoms with Crippen LogP contribution in [0.5, 0.6) is 0 Å². The lowest BCUT2D eigenvalue weighted by molar-refractivity contribution is 0.102. The van der Waals surface area contributed by atoms with Gasteiger partial charge in [-0.1, -0.05) is 36.8 Å². The summed E-state index contributed by atoms with van der Waals surface area (Å²) >= 11 is 0. The van der Waals surface area contributed by atoms with Crippen molar-refractivity contribution in [2.45, 2.75) is 26.7 Å². The van der Waals surface area contributed by atoms with E-state index in [9.17, 15) is 4.79 Å². The zero-order valence-corrected chi connectivity index (χ0v) is 16.9. The molecule has 5 nitrogen and oxygen atoms in total. The topological polar surface area (TPSA) is 58.1 Å². The molecule has 1 saturated heterocycles. The minimum absolute atomic E-state index is 0.113. The van der Waals surface area contributed by atoms with Gasteiger partial charge in [-0.15, -0.1) is 10.2 Å². The monoisotopic (exact) mass is 386 g/mol. The van der Waals surface area contributed by atoms with Crippen molar-refractivity contribution in [2.24, 2.45) is 5.92 Å². The van der Waals surface area contributed by atoms with Crippen molar-refractivity contribution < 1.29 is 4.79 Å². The summed E-state index contributed by atoms with van der Waals surface area (Å²) in [6, 6.07) is 19.3. The number of rotatable bonds is 4. The van der Waals surface area contributed by atoms with Crippen LogP contribution in [0.1, 0.15) is 35.7 Å². The normalized spacial score (nSPS) is 14.6. The zero-order chi connectivity index (χ0) is 20.2. The highest BCUT2D eigenvalue weighted by Gasteiger charge is 2.17. The van der Waals surface area contributed by atoms with Crippen LogP contribution >= 0.6 is 0 Å². The summed E-state index contributed by atoms with van der Waals surface area (Å²) in [5.74, 6) is 1.63. The van der Waals surface area contributed by atoms with Crippen LogP contribution in [0.3, 0.4) is 0 Å². The maximum Gasteiger partial charge on any atom is 0.255 e. The van der Waals surface area contributed by atoms with E-state index in [0.717, 1.165) is 47.3 Å². The van der Waals surface area contributed by atoms with Crippen molar-refractivity contribution in [3.8, 4) is 11.3 Å². The number of piperidine rings is 1. The Bertz CT molecular complexity index is 957. The number of carbonyl (C=O) groups is 1. The van der Waals surface area contributed by atoms with Crippen LogP contribution in [0.2, 0.25) is 0 Å². The summed E-state index contributed by atoms with van der Waals surface area (Å²) in [5, 5.41) is 11.8. The average Bonchev–Trinajstić information content (AvgIpc) is 2.75. The second-order valence-corrected chi connectivity index (χ2v) is 7.84. The molecular formula is C24H26N4O. The first-order valence-electron chi connectivity index (χ1n) is 10.2. The molecule has 0 radical (unpaired) electrons. The number of hydrogen-bond acceptors (Lipinski definition) is 4. The van der Waals surface area contributed by atoms with Crippen LogP contribution in [-0.2, 0) is 0 Å². The predicted molar refractivity (Wildman–Crippen MR) is 117 cm³/mol. The van der Waals surface area contributed by atoms with Crippen molar-refractivity contribution >= 4 is 17.4 Å². The second-order valence-electron chi connectivity index (χ2n) is 7.84. The molecule has 29 heavy (non-hydrogen) atoms. The largest absolute Gasteiger partial charge is 0.355 e. The van der Waals surface area contributed by atoms with Crippen LogP contribution in [0.25, 0.3) is 11.3 Å². The molecule has 0 bridgehead atoms. The molecular weight excluding hydrogens is 360 g/mol. The Morgan fingerprint density at radius 3 is 2.24 bits per heavy atom. The van der Waals surface area contributed by atoms with Gasteiger partial charge in [-0.05, 0) is 62.1 Å². The van der Waals surface area contributed by atoms with Gasteiger partial charge in [-0.25, -0.2) is 0 Å². The fourth-order valence-electron chi connectivity index (χ4n) is 3.52. The molecule has 1 fully saturated rings. The summed E-state index contributed by atoms with van der Waals surface area (Å²) < 4.78 is 0. The third kappa shape index (κ3) is 4.62. The van der Waals surface area contributed by atoms with Crippen LogP contribution in [0.4, 0.5) is 11.5 Å². The van der Waals surface area contributed by atoms with Crippen LogP contribution in [-0.4, -0.2) is 29.2 Å². The van der Waals surface area contributed by atoms with E-state index in [1.807, 2.05) is 67.6 Å². The first kappa shape index (κ1) is 19.1. The summed E-state index contributed by atoms with van der Waals surface area (Å²) in [5.41, 5.74) is 4.34. The third-order valence-corrected chi connectivity index (χ3v) is 5.51. The molecule has 148 valence electrons. The fourth-order valence-corrected chi connectivity index (χ4v) is 3.52. The molecule has 5 heteroatoms. The van der Waals surface area contributed by atoms with Gasteiger partial charge < -0.3 is 10.2 Å². The highest BCUT2D eigenvalue weighted by atomic mass is 16.1. The van der Waals surface area contributed by atoms with Gasteiger partial charge in [-0.2, -0.15) is 0 Å². The molecule has 4 rings (SSSR count). The first-order valence-corrected chi connectivity index (χ1v) is 10.2. The Labute approximate surface area is 171 Å². The number of aromatic nitrogens is 2. The number of aryl methyl sites for hydroxylation is 1. The van der Waals surface area contributed by atoms with E-state index in [-0.39, 0.29) is 5.91 Å². The number of hydrogen-bond donors (Lipinski definition) is 1. The molecule has 2 aromatic carbocycles. The summed E-state index contributed by atoms with van der Waals surface area (Å²) in [6.45, 7) is 6.40. The first-order chi connectivity index (χ1) is 14.1. The summed E-state index contributed by atoms with van der Waals surface area (Å²) in [4.78, 5) is 14.7. The van der Waals surface area contributed by atoms with Crippen molar-refractivity contribution in [3.05, 3.63) is 71.8 Å². The third-order valence-electron chi connectivity index (χ3n) is 5.51. The van der Waals surface area contributed by atoms with E-state index in [2.05, 4.69) is 27.3 Å². The standard InChI is InChI=1S/C24H26N4O/c1-17-3-5-20(6-4-17)24(29)25-21-9-7-19(8-10-21)22-11-12-23(27-26-22)28-15-13-18(2)14-16-28/h3-12,18H,13-16H2,1-2H3,(H,25,29). The lowest BCUT2D eigenvalue weighted by Crippen LogP contribution is -2.33. The van der Waals surface area contributed by atoms with E-state index in [1.54, 1.807) is 0 Å². The summed E-state index contributed by atoms with van der Waals surface area (Å²) in [7, 11) is 0. The molecule has 1 aliphatic heterocycles.